The molecule has 23 heavy (non-hydrogen) atoms. The summed E-state index contributed by atoms with van der Waals surface area (Å²) in [4.78, 5) is 0. The molecule has 0 spiro atoms. The van der Waals surface area contributed by atoms with E-state index >= 15 is 0 Å². The van der Waals surface area contributed by atoms with Gasteiger partial charge < -0.3 is 19.5 Å². The van der Waals surface area contributed by atoms with Gasteiger partial charge in [-0.2, -0.15) is 0 Å². The second kappa shape index (κ2) is 10.3. The first-order chi connectivity index (χ1) is 10.7. The van der Waals surface area contributed by atoms with E-state index < -0.39 is 0 Å². The normalized spacial score (nSPS) is 19.0. The predicted molar refractivity (Wildman–Crippen MR) is 94.3 cm³/mol. The van der Waals surface area contributed by atoms with Crippen molar-refractivity contribution in [2.45, 2.75) is 44.2 Å². The maximum absolute atomic E-state index is 7.85. The van der Waals surface area contributed by atoms with Gasteiger partial charge in [0.2, 0.25) is 0 Å². The van der Waals surface area contributed by atoms with Crippen molar-refractivity contribution in [3.63, 3.8) is 0 Å². The largest absolute Gasteiger partial charge is 0.493 e. The molecule has 0 aromatic heterocycles. The molecule has 1 saturated heterocycles. The highest BCUT2D eigenvalue weighted by Crippen LogP contribution is 2.26. The third-order valence-corrected chi connectivity index (χ3v) is 3.98. The number of hydrogen-bond acceptors (Lipinski definition) is 4. The Kier molecular flexibility index (Phi) is 8.81. The Morgan fingerprint density at radius 3 is 2.65 bits per heavy atom. The van der Waals surface area contributed by atoms with Crippen molar-refractivity contribution >= 4 is 18.2 Å². The van der Waals surface area contributed by atoms with Crippen LogP contribution in [0.4, 0.5) is 0 Å². The zero-order valence-electron chi connectivity index (χ0n) is 13.8. The second-order valence-corrected chi connectivity index (χ2v) is 5.62. The molecule has 2 atom stereocenters. The van der Waals surface area contributed by atoms with Crippen LogP contribution in [0.25, 0.3) is 0 Å². The van der Waals surface area contributed by atoms with Gasteiger partial charge in [0.15, 0.2) is 11.5 Å². The number of methoxy groups -OCH3 is 2. The Bertz CT molecular complexity index is 485. The van der Waals surface area contributed by atoms with Gasteiger partial charge >= 0.3 is 0 Å². The zero-order chi connectivity index (χ0) is 15.8. The Balaban J connectivity index is 0.00000264. The molecule has 0 radical (unpaired) electrons. The van der Waals surface area contributed by atoms with Gasteiger partial charge in [0, 0.05) is 19.6 Å². The number of hydrogen-bond donors (Lipinski definition) is 2. The van der Waals surface area contributed by atoms with Crippen LogP contribution in [0.2, 0.25) is 0 Å². The van der Waals surface area contributed by atoms with Crippen molar-refractivity contribution in [3.05, 3.63) is 24.3 Å². The van der Waals surface area contributed by atoms with Crippen molar-refractivity contribution in [2.75, 3.05) is 20.8 Å². The van der Waals surface area contributed by atoms with Gasteiger partial charge in [-0.15, -0.1) is 12.4 Å². The molecule has 130 valence electrons. The van der Waals surface area contributed by atoms with Crippen LogP contribution in [-0.4, -0.2) is 38.8 Å². The minimum Gasteiger partial charge on any atom is -0.493 e. The van der Waals surface area contributed by atoms with Crippen LogP contribution in [0.15, 0.2) is 24.3 Å². The van der Waals surface area contributed by atoms with Crippen molar-refractivity contribution in [3.8, 4) is 11.5 Å². The highest BCUT2D eigenvalue weighted by Gasteiger charge is 2.20. The van der Waals surface area contributed by atoms with Crippen LogP contribution in [0.1, 0.15) is 32.1 Å². The van der Waals surface area contributed by atoms with E-state index in [1.807, 2.05) is 24.3 Å². The average molecular weight is 343 g/mol. The topological polar surface area (TPSA) is 63.6 Å². The first-order valence-corrected chi connectivity index (χ1v) is 7.85. The van der Waals surface area contributed by atoms with Gasteiger partial charge in [0.1, 0.15) is 6.61 Å². The van der Waals surface area contributed by atoms with E-state index in [9.17, 15) is 0 Å². The first-order valence-electron chi connectivity index (χ1n) is 7.85. The fourth-order valence-corrected chi connectivity index (χ4v) is 2.73. The van der Waals surface area contributed by atoms with Crippen LogP contribution in [0.5, 0.6) is 11.5 Å². The Labute approximate surface area is 144 Å². The van der Waals surface area contributed by atoms with Gasteiger partial charge in [-0.1, -0.05) is 18.6 Å². The number of benzene rings is 1. The van der Waals surface area contributed by atoms with Crippen LogP contribution in [0, 0.1) is 5.41 Å². The van der Waals surface area contributed by atoms with Crippen molar-refractivity contribution in [1.29, 1.82) is 5.41 Å². The molecule has 2 rings (SSSR count). The zero-order valence-corrected chi connectivity index (χ0v) is 14.7. The number of para-hydroxylation sites is 2. The molecule has 0 aliphatic carbocycles. The van der Waals surface area contributed by atoms with Gasteiger partial charge in [0.25, 0.3) is 0 Å². The minimum atomic E-state index is -0.00619. The highest BCUT2D eigenvalue weighted by molar-refractivity contribution is 5.85. The summed E-state index contributed by atoms with van der Waals surface area (Å²) in [6.45, 7) is 0.475. The summed E-state index contributed by atoms with van der Waals surface area (Å²) < 4.78 is 16.7. The molecule has 1 aliphatic rings. The lowest BCUT2D eigenvalue weighted by molar-refractivity contribution is 0.0445. The molecule has 2 unspecified atom stereocenters. The maximum Gasteiger partial charge on any atom is 0.161 e. The van der Waals surface area contributed by atoms with Crippen molar-refractivity contribution in [2.24, 2.45) is 0 Å². The molecule has 1 heterocycles. The second-order valence-electron chi connectivity index (χ2n) is 5.62. The Morgan fingerprint density at radius 2 is 1.96 bits per heavy atom. The molecule has 0 bridgehead atoms. The molecule has 0 saturated carbocycles. The van der Waals surface area contributed by atoms with E-state index in [4.69, 9.17) is 19.6 Å². The smallest absolute Gasteiger partial charge is 0.161 e. The highest BCUT2D eigenvalue weighted by atomic mass is 35.5. The summed E-state index contributed by atoms with van der Waals surface area (Å²) >= 11 is 0. The van der Waals surface area contributed by atoms with E-state index in [1.165, 1.54) is 0 Å². The van der Waals surface area contributed by atoms with Crippen molar-refractivity contribution in [1.82, 2.24) is 5.32 Å². The van der Waals surface area contributed by atoms with Gasteiger partial charge in [-0.3, -0.25) is 5.41 Å². The summed E-state index contributed by atoms with van der Waals surface area (Å²) in [6, 6.07) is 7.91. The molecule has 0 amide bonds. The van der Waals surface area contributed by atoms with Gasteiger partial charge in [-0.25, -0.2) is 0 Å². The van der Waals surface area contributed by atoms with Crippen LogP contribution in [-0.2, 0) is 4.74 Å². The lowest BCUT2D eigenvalue weighted by atomic mass is 10.0. The first kappa shape index (κ1) is 19.6. The molecule has 2 N–H and O–H groups in total. The maximum atomic E-state index is 7.85. The molecule has 1 fully saturated rings. The number of amidine groups is 1. The summed E-state index contributed by atoms with van der Waals surface area (Å²) in [5, 5.41) is 11.1. The number of halogens is 1. The Morgan fingerprint density at radius 1 is 1.22 bits per heavy atom. The fraction of sp³-hybridized carbons (Fsp3) is 0.588. The summed E-state index contributed by atoms with van der Waals surface area (Å²) in [5.74, 6) is 2.10. The standard InChI is InChI=1S/C17H26N2O3.ClH/c1-20-14(11-13-7-3-6-10-17(18)19-13)12-22-16-9-5-4-8-15(16)21-2;/h4-5,8-9,13-14H,3,6-7,10-12H2,1-2H3,(H2,18,19);1H. The lowest BCUT2D eigenvalue weighted by Gasteiger charge is -2.23. The molecule has 5 nitrogen and oxygen atoms in total. The minimum absolute atomic E-state index is 0. The number of rotatable bonds is 7. The molecule has 1 aliphatic heterocycles. The lowest BCUT2D eigenvalue weighted by Crippen LogP contribution is -2.37. The SMILES string of the molecule is COc1ccccc1OCC(CC1CCCCC(=N)N1)OC.Cl. The summed E-state index contributed by atoms with van der Waals surface area (Å²) in [6.07, 6.45) is 5.02. The molecule has 6 heteroatoms. The molecular weight excluding hydrogens is 316 g/mol. The quantitative estimate of drug-likeness (QED) is 0.797. The number of nitrogens with one attached hydrogen (secondary N) is 2. The van der Waals surface area contributed by atoms with Crippen LogP contribution in [0.3, 0.4) is 0 Å². The van der Waals surface area contributed by atoms with Gasteiger partial charge in [-0.05, 0) is 31.4 Å². The van der Waals surface area contributed by atoms with E-state index in [0.717, 1.165) is 43.6 Å². The van der Waals surface area contributed by atoms with E-state index in [1.54, 1.807) is 14.2 Å². The number of ether oxygens (including phenoxy) is 3. The third kappa shape index (κ3) is 6.28. The third-order valence-electron chi connectivity index (χ3n) is 3.98. The summed E-state index contributed by atoms with van der Waals surface area (Å²) in [7, 11) is 3.34. The van der Waals surface area contributed by atoms with E-state index in [0.29, 0.717) is 18.5 Å². The molecule has 1 aromatic carbocycles. The summed E-state index contributed by atoms with van der Waals surface area (Å²) in [5.41, 5.74) is 0. The Hall–Kier alpha value is -1.46. The van der Waals surface area contributed by atoms with E-state index in [2.05, 4.69) is 5.32 Å². The average Bonchev–Trinajstić information content (AvgIpc) is 2.75. The van der Waals surface area contributed by atoms with E-state index in [-0.39, 0.29) is 18.5 Å². The van der Waals surface area contributed by atoms with Crippen LogP contribution >= 0.6 is 12.4 Å². The van der Waals surface area contributed by atoms with Crippen molar-refractivity contribution < 1.29 is 14.2 Å². The monoisotopic (exact) mass is 342 g/mol. The molecule has 1 aromatic rings. The molecular formula is C17H27ClN2O3. The van der Waals surface area contributed by atoms with Gasteiger partial charge in [0.05, 0.1) is 19.0 Å². The fourth-order valence-electron chi connectivity index (χ4n) is 2.73. The van der Waals surface area contributed by atoms with Crippen LogP contribution < -0.4 is 14.8 Å². The predicted octanol–water partition coefficient (Wildman–Crippen LogP) is 3.41.